The Morgan fingerprint density at radius 2 is 1.42 bits per heavy atom. The zero-order valence-corrected chi connectivity index (χ0v) is 13.3. The Hall–Kier alpha value is -1.13. The van der Waals surface area contributed by atoms with E-state index in [1.807, 2.05) is 60.7 Å². The highest BCUT2D eigenvalue weighted by Crippen LogP contribution is 2.31. The lowest BCUT2D eigenvalue weighted by Gasteiger charge is -2.17. The summed E-state index contributed by atoms with van der Waals surface area (Å²) in [5, 5.41) is 2.88. The molecule has 0 aromatic heterocycles. The minimum atomic E-state index is -0.338. The Balaban J connectivity index is 2.03. The smallest absolute Gasteiger partial charge is 0.239 e. The quantitative estimate of drug-likeness (QED) is 0.773. The van der Waals surface area contributed by atoms with Gasteiger partial charge in [-0.25, -0.2) is 0 Å². The fraction of sp³-hybridized carbons (Fsp3) is 0.133. The van der Waals surface area contributed by atoms with E-state index in [0.29, 0.717) is 0 Å². The van der Waals surface area contributed by atoms with Gasteiger partial charge in [-0.2, -0.15) is 0 Å². The third-order valence-corrected chi connectivity index (χ3v) is 5.38. The lowest BCUT2D eigenvalue weighted by Crippen LogP contribution is -2.26. The number of benzene rings is 2. The van der Waals surface area contributed by atoms with Crippen LogP contribution in [0.2, 0.25) is 0 Å². The number of carbonyl (C=O) groups is 1. The largest absolute Gasteiger partial charge is 0.325 e. The lowest BCUT2D eigenvalue weighted by molar-refractivity contribution is -0.115. The number of alkyl halides is 2. The molecule has 2 atom stereocenters. The molecule has 0 radical (unpaired) electrons. The second kappa shape index (κ2) is 6.87. The van der Waals surface area contributed by atoms with Crippen LogP contribution in [0.5, 0.6) is 0 Å². The van der Waals surface area contributed by atoms with Crippen molar-refractivity contribution in [3.8, 4) is 0 Å². The van der Waals surface area contributed by atoms with Gasteiger partial charge in [0.25, 0.3) is 0 Å². The summed E-state index contributed by atoms with van der Waals surface area (Å²) in [7, 11) is 0. The normalized spacial score (nSPS) is 13.6. The van der Waals surface area contributed by atoms with Crippen molar-refractivity contribution in [3.05, 3.63) is 66.2 Å². The first-order valence-electron chi connectivity index (χ1n) is 5.87. The molecule has 4 heteroatoms. The summed E-state index contributed by atoms with van der Waals surface area (Å²) < 4.78 is 0. The number of amides is 1. The van der Waals surface area contributed by atoms with Gasteiger partial charge in [0.1, 0.15) is 4.83 Å². The van der Waals surface area contributed by atoms with E-state index in [-0.39, 0.29) is 15.6 Å². The van der Waals surface area contributed by atoms with Crippen LogP contribution < -0.4 is 5.32 Å². The molecule has 0 aliphatic carbocycles. The van der Waals surface area contributed by atoms with E-state index < -0.39 is 0 Å². The molecule has 0 unspecified atom stereocenters. The van der Waals surface area contributed by atoms with Crippen LogP contribution in [-0.4, -0.2) is 10.7 Å². The highest BCUT2D eigenvalue weighted by Gasteiger charge is 2.24. The fourth-order valence-corrected chi connectivity index (χ4v) is 2.64. The van der Waals surface area contributed by atoms with Crippen molar-refractivity contribution < 1.29 is 4.79 Å². The minimum absolute atomic E-state index is 0.0718. The van der Waals surface area contributed by atoms with Crippen LogP contribution in [0.4, 0.5) is 5.69 Å². The number of nitrogens with one attached hydrogen (secondary N) is 1. The maximum atomic E-state index is 12.1. The molecule has 2 aromatic rings. The minimum Gasteiger partial charge on any atom is -0.325 e. The molecule has 2 rings (SSSR count). The second-order valence-corrected chi connectivity index (χ2v) is 6.04. The van der Waals surface area contributed by atoms with E-state index in [9.17, 15) is 4.79 Å². The van der Waals surface area contributed by atoms with E-state index in [0.717, 1.165) is 11.3 Å². The molecule has 1 N–H and O–H groups in total. The average molecular weight is 383 g/mol. The van der Waals surface area contributed by atoms with Crippen LogP contribution in [0, 0.1) is 0 Å². The summed E-state index contributed by atoms with van der Waals surface area (Å²) in [4.78, 5) is 11.7. The van der Waals surface area contributed by atoms with Crippen LogP contribution in [0.25, 0.3) is 0 Å². The highest BCUT2D eigenvalue weighted by atomic mass is 79.9. The maximum Gasteiger partial charge on any atom is 0.239 e. The molecule has 0 aliphatic rings. The monoisotopic (exact) mass is 381 g/mol. The van der Waals surface area contributed by atoms with Gasteiger partial charge in [-0.1, -0.05) is 80.4 Å². The van der Waals surface area contributed by atoms with Crippen LogP contribution >= 0.6 is 31.9 Å². The molecule has 19 heavy (non-hydrogen) atoms. The van der Waals surface area contributed by atoms with E-state index >= 15 is 0 Å². The van der Waals surface area contributed by atoms with Crippen molar-refractivity contribution in [1.29, 1.82) is 0 Å². The topological polar surface area (TPSA) is 29.1 Å². The number of anilines is 1. The third kappa shape index (κ3) is 3.91. The predicted octanol–water partition coefficient (Wildman–Crippen LogP) is 4.52. The number of halogens is 2. The first-order chi connectivity index (χ1) is 9.18. The Morgan fingerprint density at radius 3 is 2.00 bits per heavy atom. The average Bonchev–Trinajstić information content (AvgIpc) is 2.47. The van der Waals surface area contributed by atoms with Gasteiger partial charge >= 0.3 is 0 Å². The third-order valence-electron chi connectivity index (χ3n) is 2.67. The number of rotatable bonds is 4. The molecule has 0 saturated carbocycles. The fourth-order valence-electron chi connectivity index (χ4n) is 1.67. The van der Waals surface area contributed by atoms with E-state index in [1.54, 1.807) is 0 Å². The molecule has 0 spiro atoms. The molecular formula is C15H13Br2NO. The Labute approximate surface area is 129 Å². The SMILES string of the molecule is O=C(Nc1ccccc1)[C@@H](Br)[C@H](Br)c1ccccc1. The summed E-state index contributed by atoms with van der Waals surface area (Å²) in [5.41, 5.74) is 1.86. The zero-order chi connectivity index (χ0) is 13.7. The Bertz CT molecular complexity index is 530. The number of carbonyl (C=O) groups excluding carboxylic acids is 1. The molecule has 0 bridgehead atoms. The van der Waals surface area contributed by atoms with Gasteiger partial charge in [0.2, 0.25) is 5.91 Å². The van der Waals surface area contributed by atoms with Crippen molar-refractivity contribution in [2.75, 3.05) is 5.32 Å². The van der Waals surface area contributed by atoms with Gasteiger partial charge in [0.15, 0.2) is 0 Å². The molecule has 98 valence electrons. The van der Waals surface area contributed by atoms with Crippen molar-refractivity contribution in [3.63, 3.8) is 0 Å². The predicted molar refractivity (Wildman–Crippen MR) is 85.9 cm³/mol. The van der Waals surface area contributed by atoms with Gasteiger partial charge in [0, 0.05) is 5.69 Å². The lowest BCUT2D eigenvalue weighted by atomic mass is 10.1. The molecular weight excluding hydrogens is 370 g/mol. The van der Waals surface area contributed by atoms with Crippen LogP contribution in [-0.2, 0) is 4.79 Å². The Kier molecular flexibility index (Phi) is 5.16. The standard InChI is InChI=1S/C15H13Br2NO/c16-13(11-7-3-1-4-8-11)14(17)15(19)18-12-9-5-2-6-10-12/h1-10,13-14H,(H,18,19)/t13-,14+/m1/s1. The number of hydrogen-bond donors (Lipinski definition) is 1. The summed E-state index contributed by atoms with van der Waals surface area (Å²) in [5.74, 6) is -0.0723. The molecule has 0 fully saturated rings. The van der Waals surface area contributed by atoms with Gasteiger partial charge in [0.05, 0.1) is 4.83 Å². The van der Waals surface area contributed by atoms with Crippen LogP contribution in [0.3, 0.4) is 0 Å². The molecule has 0 saturated heterocycles. The summed E-state index contributed by atoms with van der Waals surface area (Å²) in [6, 6.07) is 19.3. The van der Waals surface area contributed by atoms with E-state index in [4.69, 9.17) is 0 Å². The molecule has 2 nitrogen and oxygen atoms in total. The number of hydrogen-bond acceptors (Lipinski definition) is 1. The highest BCUT2D eigenvalue weighted by molar-refractivity contribution is 9.12. The second-order valence-electron chi connectivity index (χ2n) is 4.07. The molecule has 1 amide bonds. The van der Waals surface area contributed by atoms with Crippen LogP contribution in [0.1, 0.15) is 10.4 Å². The summed E-state index contributed by atoms with van der Waals surface area (Å²) in [6.45, 7) is 0. The zero-order valence-electron chi connectivity index (χ0n) is 10.1. The van der Waals surface area contributed by atoms with E-state index in [2.05, 4.69) is 37.2 Å². The van der Waals surface area contributed by atoms with Crippen molar-refractivity contribution in [1.82, 2.24) is 0 Å². The van der Waals surface area contributed by atoms with Gasteiger partial charge < -0.3 is 5.32 Å². The van der Waals surface area contributed by atoms with Crippen molar-refractivity contribution in [2.24, 2.45) is 0 Å². The van der Waals surface area contributed by atoms with Crippen molar-refractivity contribution >= 4 is 43.5 Å². The van der Waals surface area contributed by atoms with Gasteiger partial charge in [-0.3, -0.25) is 4.79 Å². The Morgan fingerprint density at radius 1 is 0.895 bits per heavy atom. The van der Waals surface area contributed by atoms with Gasteiger partial charge in [-0.05, 0) is 17.7 Å². The molecule has 0 aliphatic heterocycles. The first-order valence-corrected chi connectivity index (χ1v) is 7.70. The van der Waals surface area contributed by atoms with Crippen molar-refractivity contribution in [2.45, 2.75) is 9.65 Å². The van der Waals surface area contributed by atoms with E-state index in [1.165, 1.54) is 0 Å². The summed E-state index contributed by atoms with van der Waals surface area (Å²) >= 11 is 7.00. The van der Waals surface area contributed by atoms with Gasteiger partial charge in [-0.15, -0.1) is 0 Å². The van der Waals surface area contributed by atoms with Crippen LogP contribution in [0.15, 0.2) is 60.7 Å². The summed E-state index contributed by atoms with van der Waals surface area (Å²) in [6.07, 6.45) is 0. The first kappa shape index (κ1) is 14.3. The molecule has 2 aromatic carbocycles. The number of para-hydroxylation sites is 1. The molecule has 0 heterocycles. The maximum absolute atomic E-state index is 12.1.